The van der Waals surface area contributed by atoms with Crippen LogP contribution in [-0.4, -0.2) is 53.7 Å². The molecule has 27 heavy (non-hydrogen) atoms. The maximum atomic E-state index is 11.8. The summed E-state index contributed by atoms with van der Waals surface area (Å²) in [7, 11) is 0. The summed E-state index contributed by atoms with van der Waals surface area (Å²) in [4.78, 5) is 24.9. The number of amides is 1. The summed E-state index contributed by atoms with van der Waals surface area (Å²) in [6.45, 7) is 8.66. The second-order valence-electron chi connectivity index (χ2n) is 6.45. The number of piperazine rings is 1. The second kappa shape index (κ2) is 8.43. The van der Waals surface area contributed by atoms with Gasteiger partial charge in [0.1, 0.15) is 5.82 Å². The molecule has 0 atom stereocenters. The Morgan fingerprint density at radius 3 is 2.59 bits per heavy atom. The van der Waals surface area contributed by atoms with Crippen LogP contribution in [0, 0.1) is 13.8 Å². The van der Waals surface area contributed by atoms with E-state index in [-0.39, 0.29) is 6.09 Å². The maximum absolute atomic E-state index is 11.8. The molecule has 1 aliphatic heterocycles. The van der Waals surface area contributed by atoms with E-state index in [2.05, 4.69) is 20.2 Å². The highest BCUT2D eigenvalue weighted by atomic mass is 35.5. The van der Waals surface area contributed by atoms with Gasteiger partial charge in [0.25, 0.3) is 0 Å². The number of carbonyl (C=O) groups excluding carboxylic acids is 1. The molecule has 1 saturated heterocycles. The standard InChI is InChI=1S/C19H24ClN5O2/c1-4-27-19(26)25-9-7-24(8-10-25)18-21-14(3)12-17(23-18)22-16-6-5-15(20)11-13(16)2/h5-6,11-12H,4,7-10H2,1-3H3,(H,21,22,23). The first-order valence-electron chi connectivity index (χ1n) is 9.01. The van der Waals surface area contributed by atoms with Crippen LogP contribution in [0.5, 0.6) is 0 Å². The highest BCUT2D eigenvalue weighted by molar-refractivity contribution is 6.30. The topological polar surface area (TPSA) is 70.6 Å². The largest absolute Gasteiger partial charge is 0.450 e. The highest BCUT2D eigenvalue weighted by Crippen LogP contribution is 2.24. The number of hydrogen-bond acceptors (Lipinski definition) is 6. The number of carbonyl (C=O) groups is 1. The van der Waals surface area contributed by atoms with E-state index in [0.29, 0.717) is 43.8 Å². The number of aromatic nitrogens is 2. The second-order valence-corrected chi connectivity index (χ2v) is 6.89. The van der Waals surface area contributed by atoms with Gasteiger partial charge in [-0.3, -0.25) is 0 Å². The third-order valence-corrected chi connectivity index (χ3v) is 4.62. The lowest BCUT2D eigenvalue weighted by atomic mass is 10.2. The number of aryl methyl sites for hydroxylation is 2. The molecular weight excluding hydrogens is 366 g/mol. The molecule has 0 bridgehead atoms. The Morgan fingerprint density at radius 2 is 1.93 bits per heavy atom. The summed E-state index contributed by atoms with van der Waals surface area (Å²) in [6.07, 6.45) is -0.261. The number of benzene rings is 1. The van der Waals surface area contributed by atoms with Gasteiger partial charge >= 0.3 is 6.09 Å². The number of anilines is 3. The summed E-state index contributed by atoms with van der Waals surface area (Å²) < 4.78 is 5.06. The van der Waals surface area contributed by atoms with Gasteiger partial charge in [-0.15, -0.1) is 0 Å². The third kappa shape index (κ3) is 4.80. The molecule has 2 aromatic rings. The lowest BCUT2D eigenvalue weighted by molar-refractivity contribution is 0.105. The van der Waals surface area contributed by atoms with Crippen molar-refractivity contribution in [2.75, 3.05) is 43.0 Å². The number of hydrogen-bond donors (Lipinski definition) is 1. The van der Waals surface area contributed by atoms with Crippen LogP contribution >= 0.6 is 11.6 Å². The fourth-order valence-electron chi connectivity index (χ4n) is 2.97. The fraction of sp³-hybridized carbons (Fsp3) is 0.421. The Balaban J connectivity index is 1.71. The van der Waals surface area contributed by atoms with E-state index in [9.17, 15) is 4.79 Å². The smallest absolute Gasteiger partial charge is 0.409 e. The van der Waals surface area contributed by atoms with Crippen molar-refractivity contribution < 1.29 is 9.53 Å². The van der Waals surface area contributed by atoms with Crippen LogP contribution in [0.3, 0.4) is 0 Å². The van der Waals surface area contributed by atoms with Crippen LogP contribution in [-0.2, 0) is 4.74 Å². The molecule has 0 radical (unpaired) electrons. The van der Waals surface area contributed by atoms with E-state index >= 15 is 0 Å². The summed E-state index contributed by atoms with van der Waals surface area (Å²) in [5.74, 6) is 1.39. The van der Waals surface area contributed by atoms with Crippen LogP contribution in [0.15, 0.2) is 24.3 Å². The normalized spacial score (nSPS) is 14.2. The zero-order valence-corrected chi connectivity index (χ0v) is 16.6. The van der Waals surface area contributed by atoms with E-state index in [1.165, 1.54) is 0 Å². The number of halogens is 1. The van der Waals surface area contributed by atoms with Gasteiger partial charge in [-0.05, 0) is 44.5 Å². The Morgan fingerprint density at radius 1 is 1.19 bits per heavy atom. The molecule has 0 spiro atoms. The molecule has 0 unspecified atom stereocenters. The molecule has 0 saturated carbocycles. The predicted molar refractivity (Wildman–Crippen MR) is 107 cm³/mol. The molecule has 1 aromatic carbocycles. The van der Waals surface area contributed by atoms with E-state index in [0.717, 1.165) is 22.8 Å². The van der Waals surface area contributed by atoms with Gasteiger partial charge in [0.2, 0.25) is 5.95 Å². The SMILES string of the molecule is CCOC(=O)N1CCN(c2nc(C)cc(Nc3ccc(Cl)cc3C)n2)CC1. The fourth-order valence-corrected chi connectivity index (χ4v) is 3.19. The minimum atomic E-state index is -0.261. The highest BCUT2D eigenvalue weighted by Gasteiger charge is 2.23. The van der Waals surface area contributed by atoms with Crippen LogP contribution in [0.25, 0.3) is 0 Å². The monoisotopic (exact) mass is 389 g/mol. The van der Waals surface area contributed by atoms with Crippen molar-refractivity contribution in [3.05, 3.63) is 40.5 Å². The Kier molecular flexibility index (Phi) is 6.01. The number of nitrogens with one attached hydrogen (secondary N) is 1. The molecule has 7 nitrogen and oxygen atoms in total. The first kappa shape index (κ1) is 19.2. The molecular formula is C19H24ClN5O2. The van der Waals surface area contributed by atoms with Gasteiger partial charge in [0.05, 0.1) is 6.61 Å². The van der Waals surface area contributed by atoms with E-state index in [4.69, 9.17) is 16.3 Å². The van der Waals surface area contributed by atoms with Gasteiger partial charge in [0, 0.05) is 48.6 Å². The van der Waals surface area contributed by atoms with Crippen molar-refractivity contribution in [1.82, 2.24) is 14.9 Å². The first-order chi connectivity index (χ1) is 13.0. The summed E-state index contributed by atoms with van der Waals surface area (Å²) in [6, 6.07) is 7.60. The van der Waals surface area contributed by atoms with Crippen molar-refractivity contribution in [3.8, 4) is 0 Å². The van der Waals surface area contributed by atoms with Gasteiger partial charge in [-0.1, -0.05) is 11.6 Å². The Bertz CT molecular complexity index is 822. The molecule has 1 amide bonds. The average Bonchev–Trinajstić information content (AvgIpc) is 2.64. The van der Waals surface area contributed by atoms with Crippen LogP contribution in [0.4, 0.5) is 22.2 Å². The summed E-state index contributed by atoms with van der Waals surface area (Å²) >= 11 is 6.03. The Hall–Kier alpha value is -2.54. The summed E-state index contributed by atoms with van der Waals surface area (Å²) in [5.41, 5.74) is 2.88. The number of ether oxygens (including phenoxy) is 1. The average molecular weight is 390 g/mol. The van der Waals surface area contributed by atoms with Gasteiger partial charge in [0.15, 0.2) is 0 Å². The molecule has 1 aliphatic rings. The quantitative estimate of drug-likeness (QED) is 0.858. The molecule has 8 heteroatoms. The van der Waals surface area contributed by atoms with Crippen molar-refractivity contribution in [2.45, 2.75) is 20.8 Å². The first-order valence-corrected chi connectivity index (χ1v) is 9.39. The van der Waals surface area contributed by atoms with E-state index < -0.39 is 0 Å². The predicted octanol–water partition coefficient (Wildman–Crippen LogP) is 3.77. The molecule has 3 rings (SSSR count). The van der Waals surface area contributed by atoms with Crippen LogP contribution in [0.1, 0.15) is 18.2 Å². The third-order valence-electron chi connectivity index (χ3n) is 4.38. The Labute approximate surface area is 164 Å². The molecule has 144 valence electrons. The van der Waals surface area contributed by atoms with Crippen molar-refractivity contribution in [2.24, 2.45) is 0 Å². The van der Waals surface area contributed by atoms with Crippen molar-refractivity contribution in [1.29, 1.82) is 0 Å². The lowest BCUT2D eigenvalue weighted by Gasteiger charge is -2.34. The number of nitrogens with zero attached hydrogens (tertiary/aromatic N) is 4. The van der Waals surface area contributed by atoms with Crippen molar-refractivity contribution in [3.63, 3.8) is 0 Å². The zero-order chi connectivity index (χ0) is 19.4. The lowest BCUT2D eigenvalue weighted by Crippen LogP contribution is -2.49. The van der Waals surface area contributed by atoms with Gasteiger partial charge < -0.3 is 19.9 Å². The van der Waals surface area contributed by atoms with E-state index in [1.807, 2.05) is 45.0 Å². The van der Waals surface area contributed by atoms with Gasteiger partial charge in [-0.2, -0.15) is 4.98 Å². The van der Waals surface area contributed by atoms with Gasteiger partial charge in [-0.25, -0.2) is 9.78 Å². The molecule has 1 N–H and O–H groups in total. The summed E-state index contributed by atoms with van der Waals surface area (Å²) in [5, 5.41) is 4.05. The molecule has 0 aliphatic carbocycles. The molecule has 1 aromatic heterocycles. The zero-order valence-electron chi connectivity index (χ0n) is 15.8. The van der Waals surface area contributed by atoms with Crippen molar-refractivity contribution >= 4 is 35.1 Å². The molecule has 1 fully saturated rings. The van der Waals surface area contributed by atoms with E-state index in [1.54, 1.807) is 4.90 Å². The minimum Gasteiger partial charge on any atom is -0.450 e. The molecule has 2 heterocycles. The number of rotatable bonds is 4. The minimum absolute atomic E-state index is 0.261. The van der Waals surface area contributed by atoms with Crippen LogP contribution < -0.4 is 10.2 Å². The van der Waals surface area contributed by atoms with Crippen LogP contribution in [0.2, 0.25) is 5.02 Å². The maximum Gasteiger partial charge on any atom is 0.409 e.